The van der Waals surface area contributed by atoms with Crippen LogP contribution < -0.4 is 10.5 Å². The Morgan fingerprint density at radius 2 is 2.14 bits per heavy atom. The van der Waals surface area contributed by atoms with Gasteiger partial charge in [0.05, 0.1) is 13.2 Å². The van der Waals surface area contributed by atoms with Crippen LogP contribution in [0.1, 0.15) is 44.2 Å². The van der Waals surface area contributed by atoms with E-state index in [1.54, 1.807) is 7.11 Å². The molecule has 4 nitrogen and oxygen atoms in total. The second-order valence-corrected chi connectivity index (χ2v) is 5.73. The van der Waals surface area contributed by atoms with Crippen molar-refractivity contribution >= 4 is 5.91 Å². The molecule has 1 aliphatic heterocycles. The summed E-state index contributed by atoms with van der Waals surface area (Å²) >= 11 is 0. The number of likely N-dealkylation sites (tertiary alicyclic amines) is 1. The lowest BCUT2D eigenvalue weighted by Crippen LogP contribution is -2.33. The summed E-state index contributed by atoms with van der Waals surface area (Å²) < 4.78 is 5.19. The van der Waals surface area contributed by atoms with Crippen LogP contribution in [0.5, 0.6) is 5.75 Å². The molecule has 0 aromatic heterocycles. The maximum absolute atomic E-state index is 12.5. The molecular formula is C17H26N2O2. The maximum atomic E-state index is 12.5. The van der Waals surface area contributed by atoms with Gasteiger partial charge in [-0.2, -0.15) is 0 Å². The average molecular weight is 290 g/mol. The van der Waals surface area contributed by atoms with E-state index in [0.717, 1.165) is 31.6 Å². The van der Waals surface area contributed by atoms with Crippen LogP contribution in [0.25, 0.3) is 0 Å². The first-order chi connectivity index (χ1) is 10.2. The third kappa shape index (κ3) is 3.76. The van der Waals surface area contributed by atoms with Crippen molar-refractivity contribution in [1.29, 1.82) is 0 Å². The molecule has 1 aromatic rings. The number of nitrogens with two attached hydrogens (primary N) is 1. The second-order valence-electron chi connectivity index (χ2n) is 5.73. The van der Waals surface area contributed by atoms with Gasteiger partial charge < -0.3 is 15.4 Å². The largest absolute Gasteiger partial charge is 0.497 e. The predicted molar refractivity (Wildman–Crippen MR) is 84.1 cm³/mol. The van der Waals surface area contributed by atoms with Crippen molar-refractivity contribution in [2.24, 2.45) is 11.7 Å². The van der Waals surface area contributed by atoms with Crippen molar-refractivity contribution in [1.82, 2.24) is 4.90 Å². The Labute approximate surface area is 127 Å². The highest BCUT2D eigenvalue weighted by Crippen LogP contribution is 2.33. The van der Waals surface area contributed by atoms with E-state index in [0.29, 0.717) is 18.9 Å². The molecule has 1 amide bonds. The third-order valence-corrected chi connectivity index (χ3v) is 4.45. The van der Waals surface area contributed by atoms with Gasteiger partial charge in [0.15, 0.2) is 0 Å². The quantitative estimate of drug-likeness (QED) is 0.876. The molecule has 2 N–H and O–H groups in total. The first-order valence-electron chi connectivity index (χ1n) is 7.83. The number of rotatable bonds is 6. The molecule has 0 bridgehead atoms. The second kappa shape index (κ2) is 7.46. The first kappa shape index (κ1) is 15.8. The fourth-order valence-corrected chi connectivity index (χ4v) is 3.00. The highest BCUT2D eigenvalue weighted by molar-refractivity contribution is 5.77. The number of carbonyl (C=O) groups excluding carboxylic acids is 1. The third-order valence-electron chi connectivity index (χ3n) is 4.45. The molecule has 2 unspecified atom stereocenters. The Kier molecular flexibility index (Phi) is 5.62. The summed E-state index contributed by atoms with van der Waals surface area (Å²) in [7, 11) is 1.66. The summed E-state index contributed by atoms with van der Waals surface area (Å²) in [5, 5.41) is 0. The molecule has 21 heavy (non-hydrogen) atoms. The minimum Gasteiger partial charge on any atom is -0.497 e. The summed E-state index contributed by atoms with van der Waals surface area (Å²) in [5.41, 5.74) is 6.92. The van der Waals surface area contributed by atoms with Crippen LogP contribution in [0.3, 0.4) is 0 Å². The highest BCUT2D eigenvalue weighted by Gasteiger charge is 2.30. The molecular weight excluding hydrogens is 264 g/mol. The molecule has 2 rings (SSSR count). The van der Waals surface area contributed by atoms with Crippen molar-refractivity contribution in [3.63, 3.8) is 0 Å². The molecule has 2 atom stereocenters. The normalized spacial score (nSPS) is 19.6. The Bertz CT molecular complexity index is 454. The number of ether oxygens (including phenoxy) is 1. The number of hydrogen-bond acceptors (Lipinski definition) is 3. The predicted octanol–water partition coefficient (Wildman–Crippen LogP) is 2.73. The van der Waals surface area contributed by atoms with Gasteiger partial charge in [0, 0.05) is 13.0 Å². The van der Waals surface area contributed by atoms with Crippen molar-refractivity contribution in [3.05, 3.63) is 29.8 Å². The Morgan fingerprint density at radius 3 is 2.71 bits per heavy atom. The standard InChI is InChI=1S/C17H26N2O2/c1-3-13(12-18)11-17(20)19-10-4-5-16(19)14-6-8-15(21-2)9-7-14/h6-9,13,16H,3-5,10-12,18H2,1-2H3. The Morgan fingerprint density at radius 1 is 1.43 bits per heavy atom. The minimum absolute atomic E-state index is 0.207. The summed E-state index contributed by atoms with van der Waals surface area (Å²) in [6.07, 6.45) is 3.64. The molecule has 0 radical (unpaired) electrons. The van der Waals surface area contributed by atoms with Gasteiger partial charge in [-0.05, 0) is 43.0 Å². The van der Waals surface area contributed by atoms with Crippen molar-refractivity contribution in [2.75, 3.05) is 20.2 Å². The van der Waals surface area contributed by atoms with E-state index < -0.39 is 0 Å². The van der Waals surface area contributed by atoms with Gasteiger partial charge in [0.25, 0.3) is 0 Å². The van der Waals surface area contributed by atoms with Gasteiger partial charge in [-0.15, -0.1) is 0 Å². The Balaban J connectivity index is 2.06. The number of hydrogen-bond donors (Lipinski definition) is 1. The number of carbonyl (C=O) groups is 1. The summed E-state index contributed by atoms with van der Waals surface area (Å²) in [6, 6.07) is 8.26. The van der Waals surface area contributed by atoms with Crippen LogP contribution in [-0.4, -0.2) is 31.0 Å². The number of amides is 1. The van der Waals surface area contributed by atoms with Gasteiger partial charge in [-0.3, -0.25) is 4.79 Å². The lowest BCUT2D eigenvalue weighted by molar-refractivity contribution is -0.133. The molecule has 0 aliphatic carbocycles. The highest BCUT2D eigenvalue weighted by atomic mass is 16.5. The fraction of sp³-hybridized carbons (Fsp3) is 0.588. The van der Waals surface area contributed by atoms with E-state index in [1.807, 2.05) is 17.0 Å². The van der Waals surface area contributed by atoms with Crippen LogP contribution in [-0.2, 0) is 4.79 Å². The van der Waals surface area contributed by atoms with Gasteiger partial charge in [-0.1, -0.05) is 25.5 Å². The lowest BCUT2D eigenvalue weighted by atomic mass is 10.0. The minimum atomic E-state index is 0.207. The molecule has 1 aliphatic rings. The zero-order valence-electron chi connectivity index (χ0n) is 13.0. The van der Waals surface area contributed by atoms with Crippen LogP contribution >= 0.6 is 0 Å². The summed E-state index contributed by atoms with van der Waals surface area (Å²) in [4.78, 5) is 14.6. The van der Waals surface area contributed by atoms with E-state index in [9.17, 15) is 4.79 Å². The summed E-state index contributed by atoms with van der Waals surface area (Å²) in [6.45, 7) is 3.54. The van der Waals surface area contributed by atoms with Crippen molar-refractivity contribution in [2.45, 2.75) is 38.6 Å². The van der Waals surface area contributed by atoms with E-state index in [-0.39, 0.29) is 11.9 Å². The molecule has 116 valence electrons. The number of benzene rings is 1. The molecule has 4 heteroatoms. The smallest absolute Gasteiger partial charge is 0.223 e. The molecule has 1 heterocycles. The first-order valence-corrected chi connectivity index (χ1v) is 7.83. The van der Waals surface area contributed by atoms with Crippen LogP contribution in [0.2, 0.25) is 0 Å². The van der Waals surface area contributed by atoms with Gasteiger partial charge in [0.1, 0.15) is 5.75 Å². The van der Waals surface area contributed by atoms with Crippen molar-refractivity contribution in [3.8, 4) is 5.75 Å². The van der Waals surface area contributed by atoms with E-state index in [1.165, 1.54) is 5.56 Å². The van der Waals surface area contributed by atoms with E-state index in [2.05, 4.69) is 19.1 Å². The number of methoxy groups -OCH3 is 1. The lowest BCUT2D eigenvalue weighted by Gasteiger charge is -2.27. The van der Waals surface area contributed by atoms with E-state index in [4.69, 9.17) is 10.5 Å². The van der Waals surface area contributed by atoms with Gasteiger partial charge in [0.2, 0.25) is 5.91 Å². The Hall–Kier alpha value is -1.55. The zero-order valence-corrected chi connectivity index (χ0v) is 13.0. The van der Waals surface area contributed by atoms with Crippen LogP contribution in [0.4, 0.5) is 0 Å². The topological polar surface area (TPSA) is 55.6 Å². The monoisotopic (exact) mass is 290 g/mol. The molecule has 0 spiro atoms. The molecule has 0 saturated carbocycles. The fourth-order valence-electron chi connectivity index (χ4n) is 3.00. The molecule has 1 fully saturated rings. The van der Waals surface area contributed by atoms with Crippen LogP contribution in [0.15, 0.2) is 24.3 Å². The number of nitrogens with zero attached hydrogens (tertiary/aromatic N) is 1. The molecule has 1 aromatic carbocycles. The SMILES string of the molecule is CCC(CN)CC(=O)N1CCCC1c1ccc(OC)cc1. The average Bonchev–Trinajstić information content (AvgIpc) is 3.02. The van der Waals surface area contributed by atoms with Gasteiger partial charge >= 0.3 is 0 Å². The van der Waals surface area contributed by atoms with E-state index >= 15 is 0 Å². The van der Waals surface area contributed by atoms with Crippen molar-refractivity contribution < 1.29 is 9.53 Å². The molecule has 1 saturated heterocycles. The maximum Gasteiger partial charge on any atom is 0.223 e. The van der Waals surface area contributed by atoms with Crippen LogP contribution in [0, 0.1) is 5.92 Å². The zero-order chi connectivity index (χ0) is 15.2. The summed E-state index contributed by atoms with van der Waals surface area (Å²) in [5.74, 6) is 1.39. The van der Waals surface area contributed by atoms with Gasteiger partial charge in [-0.25, -0.2) is 0 Å².